The number of imidazole rings is 1. The molecule has 0 radical (unpaired) electrons. The van der Waals surface area contributed by atoms with Gasteiger partial charge in [-0.3, -0.25) is 29.0 Å². The summed E-state index contributed by atoms with van der Waals surface area (Å²) in [6.07, 6.45) is 3.54. The number of carbonyl (C=O) groups excluding carboxylic acids is 5. The van der Waals surface area contributed by atoms with Gasteiger partial charge < -0.3 is 30.7 Å². The molecule has 51 heavy (non-hydrogen) atoms. The molecule has 14 heteroatoms. The highest BCUT2D eigenvalue weighted by Gasteiger charge is 2.28. The van der Waals surface area contributed by atoms with Crippen molar-refractivity contribution in [2.24, 2.45) is 5.92 Å². The predicted molar refractivity (Wildman–Crippen MR) is 188 cm³/mol. The molecule has 5 amide bonds. The van der Waals surface area contributed by atoms with Gasteiger partial charge >= 0.3 is 0 Å². The van der Waals surface area contributed by atoms with E-state index in [1.807, 2.05) is 6.07 Å². The van der Waals surface area contributed by atoms with Crippen LogP contribution < -0.4 is 21.3 Å². The first-order valence-electron chi connectivity index (χ1n) is 17.1. The number of rotatable bonds is 5. The molecule has 5 rings (SSSR count). The standard InChI is InChI=1S/C37H43FN8O5/c1-23(2)18-32-43-29-11-10-26-20-31(29)46(32)16-7-13-40-34(48)24(3)42-36(50)30(19-25-8-5-4-6-9-25)44-33(47)22-45(17-15-41-35(26)49)37(51)27-12-14-39-21-28(27)38/h4-6,8-12,14,20-21,23-24,30H,7,13,15-19,22H2,1-3H3,(H,40,48)(H,41,49)(H,42,50)(H,44,47)/t24-,30+/m1/s1. The summed E-state index contributed by atoms with van der Waals surface area (Å²) in [5.41, 5.74) is 2.32. The van der Waals surface area contributed by atoms with Crippen LogP contribution in [0.2, 0.25) is 0 Å². The van der Waals surface area contributed by atoms with Gasteiger partial charge in [0.15, 0.2) is 5.82 Å². The van der Waals surface area contributed by atoms with Crippen LogP contribution in [0.4, 0.5) is 4.39 Å². The van der Waals surface area contributed by atoms with Crippen molar-refractivity contribution in [1.82, 2.24) is 40.7 Å². The molecule has 3 heterocycles. The highest BCUT2D eigenvalue weighted by molar-refractivity contribution is 5.99. The van der Waals surface area contributed by atoms with Crippen LogP contribution in [0.25, 0.3) is 11.0 Å². The summed E-state index contributed by atoms with van der Waals surface area (Å²) in [6.45, 7) is 5.86. The van der Waals surface area contributed by atoms with Crippen LogP contribution in [-0.2, 0) is 33.8 Å². The van der Waals surface area contributed by atoms with Gasteiger partial charge in [-0.2, -0.15) is 0 Å². The quantitative estimate of drug-likeness (QED) is 0.248. The Hall–Kier alpha value is -5.66. The average Bonchev–Trinajstić information content (AvgIpc) is 3.44. The Labute approximate surface area is 295 Å². The fourth-order valence-electron chi connectivity index (χ4n) is 5.92. The number of amides is 5. The highest BCUT2D eigenvalue weighted by atomic mass is 19.1. The van der Waals surface area contributed by atoms with Crippen LogP contribution in [0.5, 0.6) is 0 Å². The lowest BCUT2D eigenvalue weighted by Crippen LogP contribution is -2.55. The monoisotopic (exact) mass is 698 g/mol. The lowest BCUT2D eigenvalue weighted by atomic mass is 10.0. The van der Waals surface area contributed by atoms with Gasteiger partial charge in [-0.1, -0.05) is 44.2 Å². The molecule has 0 fully saturated rings. The molecule has 2 atom stereocenters. The first-order chi connectivity index (χ1) is 24.5. The van der Waals surface area contributed by atoms with Gasteiger partial charge in [-0.15, -0.1) is 0 Å². The van der Waals surface area contributed by atoms with E-state index in [-0.39, 0.29) is 25.1 Å². The lowest BCUT2D eigenvalue weighted by Gasteiger charge is -2.25. The first-order valence-corrected chi connectivity index (χ1v) is 17.1. The summed E-state index contributed by atoms with van der Waals surface area (Å²) in [5, 5.41) is 11.1. The molecule has 0 unspecified atom stereocenters. The third-order valence-corrected chi connectivity index (χ3v) is 8.52. The Bertz CT molecular complexity index is 1900. The summed E-state index contributed by atoms with van der Waals surface area (Å²) in [6, 6.07) is 13.4. The fourth-order valence-corrected chi connectivity index (χ4v) is 5.92. The van der Waals surface area contributed by atoms with Crippen molar-refractivity contribution in [3.05, 3.63) is 95.3 Å². The second kappa shape index (κ2) is 16.8. The molecule has 0 aliphatic carbocycles. The molecule has 1 aliphatic heterocycles. The van der Waals surface area contributed by atoms with E-state index in [2.05, 4.69) is 44.7 Å². The van der Waals surface area contributed by atoms with Crippen molar-refractivity contribution in [1.29, 1.82) is 0 Å². The van der Waals surface area contributed by atoms with E-state index in [1.54, 1.807) is 49.4 Å². The van der Waals surface area contributed by atoms with E-state index < -0.39 is 54.0 Å². The van der Waals surface area contributed by atoms with Crippen molar-refractivity contribution >= 4 is 40.6 Å². The smallest absolute Gasteiger partial charge is 0.257 e. The molecule has 0 saturated carbocycles. The minimum atomic E-state index is -1.10. The van der Waals surface area contributed by atoms with Crippen LogP contribution in [0, 0.1) is 11.7 Å². The number of carbonyl (C=O) groups is 5. The second-order valence-electron chi connectivity index (χ2n) is 13.0. The summed E-state index contributed by atoms with van der Waals surface area (Å²) in [7, 11) is 0. The predicted octanol–water partition coefficient (Wildman–Crippen LogP) is 2.39. The van der Waals surface area contributed by atoms with Crippen molar-refractivity contribution in [2.75, 3.05) is 26.2 Å². The van der Waals surface area contributed by atoms with Gasteiger partial charge in [0.1, 0.15) is 17.9 Å². The minimum absolute atomic E-state index is 0.0559. The van der Waals surface area contributed by atoms with E-state index >= 15 is 0 Å². The molecular weight excluding hydrogens is 655 g/mol. The minimum Gasteiger partial charge on any atom is -0.354 e. The Kier molecular flexibility index (Phi) is 12.1. The number of aromatic nitrogens is 3. The van der Waals surface area contributed by atoms with Gasteiger partial charge in [-0.05, 0) is 49.1 Å². The van der Waals surface area contributed by atoms with Crippen LogP contribution in [-0.4, -0.2) is 87.2 Å². The van der Waals surface area contributed by atoms with Crippen molar-refractivity contribution in [3.63, 3.8) is 0 Å². The fraction of sp³-hybridized carbons (Fsp3) is 0.378. The Morgan fingerprint density at radius 3 is 2.49 bits per heavy atom. The summed E-state index contributed by atoms with van der Waals surface area (Å²) in [5.74, 6) is -2.57. The molecule has 13 nitrogen and oxygen atoms in total. The summed E-state index contributed by atoms with van der Waals surface area (Å²) >= 11 is 0. The summed E-state index contributed by atoms with van der Waals surface area (Å²) < 4.78 is 16.7. The number of pyridine rings is 1. The zero-order chi connectivity index (χ0) is 36.5. The van der Waals surface area contributed by atoms with Crippen molar-refractivity contribution in [2.45, 2.75) is 58.7 Å². The maximum absolute atomic E-state index is 14.7. The average molecular weight is 699 g/mol. The number of benzene rings is 2. The molecule has 0 saturated heterocycles. The van der Waals surface area contributed by atoms with Gasteiger partial charge in [0, 0.05) is 50.8 Å². The molecule has 2 aromatic carbocycles. The maximum Gasteiger partial charge on any atom is 0.257 e. The first kappa shape index (κ1) is 36.6. The Morgan fingerprint density at radius 1 is 0.961 bits per heavy atom. The number of aryl methyl sites for hydroxylation is 1. The zero-order valence-electron chi connectivity index (χ0n) is 28.9. The van der Waals surface area contributed by atoms with Crippen LogP contribution in [0.15, 0.2) is 67.0 Å². The number of nitrogens with one attached hydrogen (secondary N) is 4. The maximum atomic E-state index is 14.7. The van der Waals surface area contributed by atoms with E-state index in [0.717, 1.165) is 33.5 Å². The second-order valence-corrected chi connectivity index (χ2v) is 13.0. The SMILES string of the molecule is CC(C)Cc1nc2ccc3cc2n1CCCNC(=O)[C@@H](C)NC(=O)[C@H](Cc1ccccc1)NC(=O)CN(C(=O)c1ccncc1F)CCNC3=O. The Balaban J connectivity index is 1.45. The largest absolute Gasteiger partial charge is 0.354 e. The van der Waals surface area contributed by atoms with E-state index in [4.69, 9.17) is 4.98 Å². The third kappa shape index (κ3) is 9.53. The summed E-state index contributed by atoms with van der Waals surface area (Å²) in [4.78, 5) is 76.6. The topological polar surface area (TPSA) is 167 Å². The van der Waals surface area contributed by atoms with Gasteiger partial charge in [0.2, 0.25) is 17.7 Å². The van der Waals surface area contributed by atoms with Crippen LogP contribution >= 0.6 is 0 Å². The molecule has 268 valence electrons. The number of nitrogens with zero attached hydrogens (tertiary/aromatic N) is 4. The van der Waals surface area contributed by atoms with Crippen LogP contribution in [0.3, 0.4) is 0 Å². The lowest BCUT2D eigenvalue weighted by molar-refractivity contribution is -0.132. The van der Waals surface area contributed by atoms with E-state index in [9.17, 15) is 28.4 Å². The van der Waals surface area contributed by atoms with Gasteiger partial charge in [-0.25, -0.2) is 9.37 Å². The molecule has 2 bridgehead atoms. The van der Waals surface area contributed by atoms with E-state index in [1.165, 1.54) is 12.3 Å². The number of hydrogen-bond acceptors (Lipinski definition) is 7. The molecule has 4 N–H and O–H groups in total. The van der Waals surface area contributed by atoms with Crippen molar-refractivity contribution in [3.8, 4) is 0 Å². The Morgan fingerprint density at radius 2 is 1.75 bits per heavy atom. The molecule has 0 spiro atoms. The molecule has 1 aliphatic rings. The number of halogens is 1. The van der Waals surface area contributed by atoms with Gasteiger partial charge in [0.25, 0.3) is 11.8 Å². The third-order valence-electron chi connectivity index (χ3n) is 8.52. The van der Waals surface area contributed by atoms with Gasteiger partial charge in [0.05, 0.1) is 29.3 Å². The normalized spacial score (nSPS) is 18.5. The van der Waals surface area contributed by atoms with E-state index in [0.29, 0.717) is 37.4 Å². The zero-order valence-corrected chi connectivity index (χ0v) is 28.9. The molecule has 4 aromatic rings. The van der Waals surface area contributed by atoms with Crippen LogP contribution in [0.1, 0.15) is 59.3 Å². The highest BCUT2D eigenvalue weighted by Crippen LogP contribution is 2.21. The number of hydrogen-bond donors (Lipinski definition) is 4. The number of fused-ring (bicyclic) bond motifs is 1. The van der Waals surface area contributed by atoms with Crippen molar-refractivity contribution < 1.29 is 28.4 Å². The molecule has 2 aromatic heterocycles. The molecular formula is C37H43FN8O5.